The molecule has 0 saturated carbocycles. The molecular weight excluding hydrogens is 331 g/mol. The second-order valence-electron chi connectivity index (χ2n) is 4.65. The van der Waals surface area contributed by atoms with Crippen LogP contribution in [-0.4, -0.2) is 80.7 Å². The molecule has 9 nitrogen and oxygen atoms in total. The summed E-state index contributed by atoms with van der Waals surface area (Å²) < 4.78 is 41.6. The number of carboxylic acid groups (broad SMARTS) is 1. The van der Waals surface area contributed by atoms with Crippen LogP contribution in [-0.2, 0) is 14.3 Å². The molecule has 0 aliphatic carbocycles. The van der Waals surface area contributed by atoms with E-state index in [0.29, 0.717) is 6.08 Å². The Bertz CT molecular complexity index is 494. The van der Waals surface area contributed by atoms with Crippen molar-refractivity contribution in [3.63, 3.8) is 0 Å². The Morgan fingerprint density at radius 2 is 1.91 bits per heavy atom. The van der Waals surface area contributed by atoms with Crippen LogP contribution < -0.4 is 5.32 Å². The highest BCUT2D eigenvalue weighted by Gasteiger charge is 2.47. The van der Waals surface area contributed by atoms with E-state index in [0.717, 1.165) is 0 Å². The minimum absolute atomic E-state index is 0.526. The van der Waals surface area contributed by atoms with Gasteiger partial charge in [-0.3, -0.25) is 4.79 Å². The van der Waals surface area contributed by atoms with E-state index in [4.69, 9.17) is 14.9 Å². The van der Waals surface area contributed by atoms with Gasteiger partial charge in [0.1, 0.15) is 18.3 Å². The first kappa shape index (κ1) is 19.2. The first-order valence-corrected chi connectivity index (χ1v) is 6.13. The summed E-state index contributed by atoms with van der Waals surface area (Å²) in [6, 6.07) is -1.91. The molecule has 23 heavy (non-hydrogen) atoms. The van der Waals surface area contributed by atoms with Crippen LogP contribution in [0, 0.1) is 0 Å². The van der Waals surface area contributed by atoms with Gasteiger partial charge in [0.25, 0.3) is 0 Å². The third-order valence-electron chi connectivity index (χ3n) is 2.99. The zero-order valence-corrected chi connectivity index (χ0v) is 11.3. The van der Waals surface area contributed by atoms with Crippen LogP contribution in [0.4, 0.5) is 13.2 Å². The number of aliphatic hydroxyl groups is 4. The largest absolute Gasteiger partial charge is 0.478 e. The zero-order chi connectivity index (χ0) is 17.9. The number of hydrogen-bond acceptors (Lipinski definition) is 7. The van der Waals surface area contributed by atoms with Crippen molar-refractivity contribution in [2.24, 2.45) is 0 Å². The molecule has 0 saturated heterocycles. The van der Waals surface area contributed by atoms with E-state index >= 15 is 0 Å². The van der Waals surface area contributed by atoms with Gasteiger partial charge >= 0.3 is 18.1 Å². The second-order valence-corrected chi connectivity index (χ2v) is 4.65. The van der Waals surface area contributed by atoms with Crippen molar-refractivity contribution in [2.45, 2.75) is 36.6 Å². The average Bonchev–Trinajstić information content (AvgIpc) is 2.45. The number of carboxylic acids is 1. The van der Waals surface area contributed by atoms with Gasteiger partial charge in [-0.2, -0.15) is 13.2 Å². The van der Waals surface area contributed by atoms with E-state index < -0.39 is 60.9 Å². The van der Waals surface area contributed by atoms with Gasteiger partial charge in [0.15, 0.2) is 6.10 Å². The van der Waals surface area contributed by atoms with E-state index in [1.165, 1.54) is 5.32 Å². The van der Waals surface area contributed by atoms with Gasteiger partial charge in [-0.15, -0.1) is 0 Å². The molecule has 12 heteroatoms. The predicted octanol–water partition coefficient (Wildman–Crippen LogP) is -2.52. The van der Waals surface area contributed by atoms with Gasteiger partial charge in [0, 0.05) is 0 Å². The number of ether oxygens (including phenoxy) is 1. The van der Waals surface area contributed by atoms with E-state index in [-0.39, 0.29) is 0 Å². The Kier molecular flexibility index (Phi) is 5.93. The van der Waals surface area contributed by atoms with Gasteiger partial charge < -0.3 is 35.6 Å². The Balaban J connectivity index is 3.10. The van der Waals surface area contributed by atoms with Gasteiger partial charge in [-0.25, -0.2) is 4.79 Å². The fourth-order valence-electron chi connectivity index (χ4n) is 1.84. The molecule has 5 atom stereocenters. The number of amides is 1. The molecule has 0 aromatic heterocycles. The first-order chi connectivity index (χ1) is 10.5. The lowest BCUT2D eigenvalue weighted by molar-refractivity contribution is -0.179. The zero-order valence-electron chi connectivity index (χ0n) is 11.3. The minimum Gasteiger partial charge on any atom is -0.478 e. The molecule has 1 rings (SSSR count). The maximum atomic E-state index is 12.3. The normalized spacial score (nSPS) is 27.4. The average molecular weight is 345 g/mol. The van der Waals surface area contributed by atoms with Crippen LogP contribution in [0.15, 0.2) is 11.8 Å². The van der Waals surface area contributed by atoms with E-state index in [9.17, 15) is 38.1 Å². The van der Waals surface area contributed by atoms with Crippen molar-refractivity contribution >= 4 is 11.9 Å². The fourth-order valence-corrected chi connectivity index (χ4v) is 1.84. The van der Waals surface area contributed by atoms with Crippen LogP contribution in [0.25, 0.3) is 0 Å². The van der Waals surface area contributed by atoms with Crippen molar-refractivity contribution in [3.8, 4) is 0 Å². The van der Waals surface area contributed by atoms with Gasteiger partial charge in [-0.05, 0) is 6.08 Å². The number of halogens is 3. The van der Waals surface area contributed by atoms with E-state index in [2.05, 4.69) is 0 Å². The summed E-state index contributed by atoms with van der Waals surface area (Å²) >= 11 is 0. The molecule has 0 aromatic carbocycles. The quantitative estimate of drug-likeness (QED) is 0.319. The summed E-state index contributed by atoms with van der Waals surface area (Å²) in [5.74, 6) is -5.06. The first-order valence-electron chi connectivity index (χ1n) is 6.13. The van der Waals surface area contributed by atoms with Crippen LogP contribution in [0.1, 0.15) is 0 Å². The Hall–Kier alpha value is -1.89. The maximum absolute atomic E-state index is 12.3. The monoisotopic (exact) mass is 345 g/mol. The highest BCUT2D eigenvalue weighted by atomic mass is 19.4. The second kappa shape index (κ2) is 7.12. The highest BCUT2D eigenvalue weighted by molar-refractivity contribution is 5.85. The number of rotatable bonds is 5. The lowest BCUT2D eigenvalue weighted by atomic mass is 9.94. The van der Waals surface area contributed by atoms with Crippen molar-refractivity contribution < 1.29 is 53.0 Å². The SMILES string of the molecule is O=C(O)C1=C[C@H](O)[C@@H](NC(=O)C(F)(F)F)C([C@H](O)[C@@H](O)CO)O1. The predicted molar refractivity (Wildman–Crippen MR) is 63.7 cm³/mol. The Labute approximate surface area is 126 Å². The fraction of sp³-hybridized carbons (Fsp3) is 0.636. The Morgan fingerprint density at radius 3 is 2.35 bits per heavy atom. The van der Waals surface area contributed by atoms with Gasteiger partial charge in [0.05, 0.1) is 12.6 Å². The summed E-state index contributed by atoms with van der Waals surface area (Å²) in [5, 5.41) is 47.7. The van der Waals surface area contributed by atoms with Crippen LogP contribution >= 0.6 is 0 Å². The maximum Gasteiger partial charge on any atom is 0.471 e. The minimum atomic E-state index is -5.30. The third-order valence-corrected chi connectivity index (χ3v) is 2.99. The molecule has 1 unspecified atom stereocenters. The number of carbonyl (C=O) groups is 2. The number of alkyl halides is 3. The summed E-state index contributed by atoms with van der Waals surface area (Å²) in [5.41, 5.74) is 0. The molecule has 1 amide bonds. The van der Waals surface area contributed by atoms with Crippen LogP contribution in [0.2, 0.25) is 0 Å². The lowest BCUT2D eigenvalue weighted by Gasteiger charge is -2.38. The van der Waals surface area contributed by atoms with Crippen molar-refractivity contribution in [3.05, 3.63) is 11.8 Å². The van der Waals surface area contributed by atoms with Gasteiger partial charge in [0.2, 0.25) is 5.76 Å². The molecule has 0 aromatic rings. The van der Waals surface area contributed by atoms with Crippen molar-refractivity contribution in [1.29, 1.82) is 0 Å². The molecule has 1 heterocycles. The topological polar surface area (TPSA) is 157 Å². The number of aliphatic carboxylic acids is 1. The highest BCUT2D eigenvalue weighted by Crippen LogP contribution is 2.24. The third kappa shape index (κ3) is 4.54. The molecule has 1 aliphatic heterocycles. The number of carbonyl (C=O) groups excluding carboxylic acids is 1. The molecule has 132 valence electrons. The lowest BCUT2D eigenvalue weighted by Crippen LogP contribution is -2.61. The van der Waals surface area contributed by atoms with Crippen LogP contribution in [0.5, 0.6) is 0 Å². The smallest absolute Gasteiger partial charge is 0.471 e. The molecular formula is C11H14F3NO8. The number of aliphatic hydroxyl groups excluding tert-OH is 4. The summed E-state index contributed by atoms with van der Waals surface area (Å²) in [6.07, 6.45) is -12.7. The molecule has 6 N–H and O–H groups in total. The Morgan fingerprint density at radius 1 is 1.35 bits per heavy atom. The molecule has 0 radical (unpaired) electrons. The number of hydrogen-bond donors (Lipinski definition) is 6. The van der Waals surface area contributed by atoms with E-state index in [1.807, 2.05) is 0 Å². The van der Waals surface area contributed by atoms with E-state index in [1.54, 1.807) is 0 Å². The standard InChI is InChI=1S/C11H14F3NO8/c12-11(13,14)10(22)15-6-3(17)1-5(9(20)21)23-8(6)7(19)4(18)2-16/h1,3-4,6-8,16-19H,2H2,(H,15,22)(H,20,21)/t3-,4-,6+,7+,8?/m0/s1. The molecule has 0 spiro atoms. The van der Waals surface area contributed by atoms with Crippen molar-refractivity contribution in [1.82, 2.24) is 5.32 Å². The van der Waals surface area contributed by atoms with Crippen LogP contribution in [0.3, 0.4) is 0 Å². The molecule has 0 fully saturated rings. The summed E-state index contributed by atoms with van der Waals surface area (Å²) in [6.45, 7) is -1.02. The van der Waals surface area contributed by atoms with Gasteiger partial charge in [-0.1, -0.05) is 0 Å². The summed E-state index contributed by atoms with van der Waals surface area (Å²) in [7, 11) is 0. The molecule has 1 aliphatic rings. The molecule has 0 bridgehead atoms. The van der Waals surface area contributed by atoms with Crippen molar-refractivity contribution in [2.75, 3.05) is 6.61 Å². The number of nitrogens with one attached hydrogen (secondary N) is 1. The summed E-state index contributed by atoms with van der Waals surface area (Å²) in [4.78, 5) is 21.8.